The van der Waals surface area contributed by atoms with E-state index >= 15 is 0 Å². The number of rotatable bonds is 3. The van der Waals surface area contributed by atoms with E-state index in [1.807, 2.05) is 18.2 Å². The number of amides is 1. The molecule has 2 heterocycles. The van der Waals surface area contributed by atoms with Gasteiger partial charge in [0, 0.05) is 29.7 Å². The minimum Gasteiger partial charge on any atom is -0.428 e. The minimum atomic E-state index is -0.132. The summed E-state index contributed by atoms with van der Waals surface area (Å²) < 4.78 is 1.05. The number of benzene rings is 1. The second-order valence-corrected chi connectivity index (χ2v) is 4.48. The maximum Gasteiger partial charge on any atom is 0.228 e. The standard InChI is InChI=1S/C15H13N3O2/c19-15(17-12-5-7-16-8-6-12)9-11-10-18(20)14-4-2-1-3-13(11)14/h1-8,10,20H,9H2,(H,16,17,19). The monoisotopic (exact) mass is 267 g/mol. The van der Waals surface area contributed by atoms with Crippen LogP contribution in [0.5, 0.6) is 0 Å². The van der Waals surface area contributed by atoms with Crippen LogP contribution in [0.4, 0.5) is 5.69 Å². The predicted molar refractivity (Wildman–Crippen MR) is 75.7 cm³/mol. The van der Waals surface area contributed by atoms with Gasteiger partial charge in [0.2, 0.25) is 5.91 Å². The molecule has 0 fully saturated rings. The van der Waals surface area contributed by atoms with Gasteiger partial charge < -0.3 is 10.5 Å². The van der Waals surface area contributed by atoms with Gasteiger partial charge in [-0.1, -0.05) is 18.2 Å². The van der Waals surface area contributed by atoms with E-state index in [0.29, 0.717) is 11.2 Å². The molecule has 5 heteroatoms. The van der Waals surface area contributed by atoms with Gasteiger partial charge in [-0.3, -0.25) is 9.78 Å². The number of nitrogens with zero attached hydrogens (tertiary/aromatic N) is 2. The van der Waals surface area contributed by atoms with E-state index in [9.17, 15) is 10.0 Å². The molecule has 0 spiro atoms. The van der Waals surface area contributed by atoms with E-state index in [0.717, 1.165) is 15.7 Å². The van der Waals surface area contributed by atoms with Gasteiger partial charge in [-0.15, -0.1) is 0 Å². The van der Waals surface area contributed by atoms with Crippen LogP contribution in [0.25, 0.3) is 10.9 Å². The Hall–Kier alpha value is -2.82. The van der Waals surface area contributed by atoms with Crippen molar-refractivity contribution in [2.24, 2.45) is 0 Å². The number of nitrogens with one attached hydrogen (secondary N) is 1. The van der Waals surface area contributed by atoms with Crippen LogP contribution in [0.1, 0.15) is 5.56 Å². The summed E-state index contributed by atoms with van der Waals surface area (Å²) in [5.41, 5.74) is 2.19. The Morgan fingerprint density at radius 2 is 1.95 bits per heavy atom. The number of fused-ring (bicyclic) bond motifs is 1. The van der Waals surface area contributed by atoms with Crippen LogP contribution in [0.15, 0.2) is 55.0 Å². The lowest BCUT2D eigenvalue weighted by atomic mass is 10.1. The summed E-state index contributed by atoms with van der Waals surface area (Å²) in [5, 5.41) is 13.4. The number of anilines is 1. The topological polar surface area (TPSA) is 67.2 Å². The third-order valence-corrected chi connectivity index (χ3v) is 3.09. The number of carbonyl (C=O) groups excluding carboxylic acids is 1. The molecule has 0 aliphatic carbocycles. The summed E-state index contributed by atoms with van der Waals surface area (Å²) in [7, 11) is 0. The third-order valence-electron chi connectivity index (χ3n) is 3.09. The number of carbonyl (C=O) groups is 1. The Kier molecular flexibility index (Phi) is 3.09. The molecule has 1 aromatic carbocycles. The fourth-order valence-electron chi connectivity index (χ4n) is 2.19. The van der Waals surface area contributed by atoms with Gasteiger partial charge in [-0.05, 0) is 23.8 Å². The first kappa shape index (κ1) is 12.2. The lowest BCUT2D eigenvalue weighted by molar-refractivity contribution is -0.115. The molecule has 1 amide bonds. The van der Waals surface area contributed by atoms with Crippen LogP contribution in [0, 0.1) is 0 Å². The molecule has 0 bridgehead atoms. The van der Waals surface area contributed by atoms with Crippen LogP contribution >= 0.6 is 0 Å². The lowest BCUT2D eigenvalue weighted by Gasteiger charge is -2.03. The zero-order chi connectivity index (χ0) is 13.9. The van der Waals surface area contributed by atoms with E-state index in [4.69, 9.17) is 0 Å². The SMILES string of the molecule is O=C(Cc1cn(O)c2ccccc12)Nc1ccncc1. The predicted octanol–water partition coefficient (Wildman–Crippen LogP) is 2.45. The van der Waals surface area contributed by atoms with E-state index in [1.54, 1.807) is 36.8 Å². The van der Waals surface area contributed by atoms with Crippen molar-refractivity contribution in [1.29, 1.82) is 0 Å². The fourth-order valence-corrected chi connectivity index (χ4v) is 2.19. The number of para-hydroxylation sites is 1. The van der Waals surface area contributed by atoms with Crippen molar-refractivity contribution in [3.8, 4) is 0 Å². The average Bonchev–Trinajstić information content (AvgIpc) is 2.77. The second kappa shape index (κ2) is 5.05. The Bertz CT molecular complexity index is 750. The molecule has 0 unspecified atom stereocenters. The van der Waals surface area contributed by atoms with E-state index in [-0.39, 0.29) is 12.3 Å². The fraction of sp³-hybridized carbons (Fsp3) is 0.0667. The molecule has 3 aromatic rings. The Balaban J connectivity index is 1.81. The van der Waals surface area contributed by atoms with Gasteiger partial charge in [0.15, 0.2) is 0 Å². The molecule has 0 saturated heterocycles. The molecule has 3 rings (SSSR count). The average molecular weight is 267 g/mol. The highest BCUT2D eigenvalue weighted by Gasteiger charge is 2.11. The second-order valence-electron chi connectivity index (χ2n) is 4.48. The zero-order valence-corrected chi connectivity index (χ0v) is 10.7. The van der Waals surface area contributed by atoms with Gasteiger partial charge in [-0.2, -0.15) is 4.73 Å². The van der Waals surface area contributed by atoms with E-state index < -0.39 is 0 Å². The van der Waals surface area contributed by atoms with Crippen molar-refractivity contribution >= 4 is 22.5 Å². The van der Waals surface area contributed by atoms with Crippen molar-refractivity contribution in [3.63, 3.8) is 0 Å². The van der Waals surface area contributed by atoms with Crippen LogP contribution in [0.2, 0.25) is 0 Å². The summed E-state index contributed by atoms with van der Waals surface area (Å²) in [6.45, 7) is 0. The highest BCUT2D eigenvalue weighted by Crippen LogP contribution is 2.20. The largest absolute Gasteiger partial charge is 0.428 e. The summed E-state index contributed by atoms with van der Waals surface area (Å²) in [4.78, 5) is 15.9. The summed E-state index contributed by atoms with van der Waals surface area (Å²) in [5.74, 6) is -0.132. The van der Waals surface area contributed by atoms with Crippen molar-refractivity contribution in [3.05, 3.63) is 60.6 Å². The van der Waals surface area contributed by atoms with E-state index in [2.05, 4.69) is 10.3 Å². The summed E-state index contributed by atoms with van der Waals surface area (Å²) in [6, 6.07) is 10.9. The van der Waals surface area contributed by atoms with Crippen LogP contribution < -0.4 is 5.32 Å². The molecule has 0 atom stereocenters. The number of pyridine rings is 1. The lowest BCUT2D eigenvalue weighted by Crippen LogP contribution is -2.14. The maximum atomic E-state index is 12.0. The first-order chi connectivity index (χ1) is 9.74. The van der Waals surface area contributed by atoms with Gasteiger partial charge in [-0.25, -0.2) is 0 Å². The molecular formula is C15H13N3O2. The van der Waals surface area contributed by atoms with Crippen LogP contribution in [-0.4, -0.2) is 20.8 Å². The highest BCUT2D eigenvalue weighted by molar-refractivity contribution is 5.95. The molecule has 100 valence electrons. The van der Waals surface area contributed by atoms with Crippen molar-refractivity contribution in [2.45, 2.75) is 6.42 Å². The quantitative estimate of drug-likeness (QED) is 0.716. The first-order valence-electron chi connectivity index (χ1n) is 6.22. The van der Waals surface area contributed by atoms with E-state index in [1.165, 1.54) is 0 Å². The van der Waals surface area contributed by atoms with Gasteiger partial charge >= 0.3 is 0 Å². The van der Waals surface area contributed by atoms with Crippen LogP contribution in [-0.2, 0) is 11.2 Å². The van der Waals surface area contributed by atoms with Crippen molar-refractivity contribution in [2.75, 3.05) is 5.32 Å². The van der Waals surface area contributed by atoms with Crippen LogP contribution in [0.3, 0.4) is 0 Å². The zero-order valence-electron chi connectivity index (χ0n) is 10.7. The molecule has 20 heavy (non-hydrogen) atoms. The number of hydrogen-bond donors (Lipinski definition) is 2. The Morgan fingerprint density at radius 3 is 2.75 bits per heavy atom. The Morgan fingerprint density at radius 1 is 1.20 bits per heavy atom. The normalized spacial score (nSPS) is 10.6. The van der Waals surface area contributed by atoms with Crippen molar-refractivity contribution < 1.29 is 10.0 Å². The molecule has 5 nitrogen and oxygen atoms in total. The Labute approximate surface area is 115 Å². The molecule has 2 N–H and O–H groups in total. The maximum absolute atomic E-state index is 12.0. The first-order valence-corrected chi connectivity index (χ1v) is 6.22. The van der Waals surface area contributed by atoms with Gasteiger partial charge in [0.05, 0.1) is 11.9 Å². The molecule has 0 saturated carbocycles. The number of hydrogen-bond acceptors (Lipinski definition) is 3. The summed E-state index contributed by atoms with van der Waals surface area (Å²) in [6.07, 6.45) is 5.01. The highest BCUT2D eigenvalue weighted by atomic mass is 16.5. The summed E-state index contributed by atoms with van der Waals surface area (Å²) >= 11 is 0. The van der Waals surface area contributed by atoms with Gasteiger partial charge in [0.25, 0.3) is 0 Å². The molecule has 2 aromatic heterocycles. The third kappa shape index (κ3) is 2.33. The number of aromatic nitrogens is 2. The van der Waals surface area contributed by atoms with Gasteiger partial charge in [0.1, 0.15) is 0 Å². The smallest absolute Gasteiger partial charge is 0.228 e. The molecule has 0 aliphatic heterocycles. The minimum absolute atomic E-state index is 0.132. The molecule has 0 radical (unpaired) electrons. The molecule has 0 aliphatic rings. The van der Waals surface area contributed by atoms with Crippen molar-refractivity contribution in [1.82, 2.24) is 9.71 Å². The molecular weight excluding hydrogens is 254 g/mol.